The second-order valence-electron chi connectivity index (χ2n) is 6.39. The normalized spacial score (nSPS) is 16.7. The van der Waals surface area contributed by atoms with Crippen LogP contribution in [0.5, 0.6) is 0 Å². The number of nitrogens with zero attached hydrogens (tertiary/aromatic N) is 2. The molecule has 0 aromatic heterocycles. The van der Waals surface area contributed by atoms with Crippen molar-refractivity contribution < 1.29 is 0 Å². The van der Waals surface area contributed by atoms with Crippen LogP contribution >= 0.6 is 0 Å². The Hall–Kier alpha value is -2.13. The van der Waals surface area contributed by atoms with Gasteiger partial charge in [-0.1, -0.05) is 49.4 Å². The van der Waals surface area contributed by atoms with Crippen molar-refractivity contribution in [3.05, 3.63) is 65.7 Å². The number of anilines is 1. The minimum Gasteiger partial charge on any atom is -0.299 e. The first-order chi connectivity index (χ1) is 11.3. The molecule has 120 valence electrons. The maximum Gasteiger partial charge on any atom is 0.0561 e. The van der Waals surface area contributed by atoms with Crippen molar-refractivity contribution in [3.8, 4) is 0 Å². The molecule has 23 heavy (non-hydrogen) atoms. The van der Waals surface area contributed by atoms with Gasteiger partial charge >= 0.3 is 0 Å². The number of nitrogens with one attached hydrogen (secondary N) is 1. The molecule has 3 nitrogen and oxygen atoms in total. The first kappa shape index (κ1) is 15.8. The molecule has 1 aliphatic heterocycles. The van der Waals surface area contributed by atoms with Crippen LogP contribution in [-0.2, 0) is 6.54 Å². The van der Waals surface area contributed by atoms with Crippen LogP contribution in [-0.4, -0.2) is 24.2 Å². The lowest BCUT2D eigenvalue weighted by Gasteiger charge is -2.30. The molecule has 0 spiro atoms. The summed E-state index contributed by atoms with van der Waals surface area (Å²) in [5.41, 5.74) is 6.63. The Balaban J connectivity index is 1.63. The monoisotopic (exact) mass is 307 g/mol. The maximum absolute atomic E-state index is 4.38. The molecule has 1 N–H and O–H groups in total. The summed E-state index contributed by atoms with van der Waals surface area (Å²) in [6, 6.07) is 18.6. The van der Waals surface area contributed by atoms with E-state index in [9.17, 15) is 0 Å². The molecule has 1 fully saturated rings. The molecule has 2 aromatic rings. The van der Waals surface area contributed by atoms with Gasteiger partial charge in [-0.15, -0.1) is 0 Å². The summed E-state index contributed by atoms with van der Waals surface area (Å²) in [4.78, 5) is 2.55. The van der Waals surface area contributed by atoms with Crippen LogP contribution in [0.3, 0.4) is 0 Å². The highest BCUT2D eigenvalue weighted by Gasteiger charge is 2.16. The molecular weight excluding hydrogens is 282 g/mol. The van der Waals surface area contributed by atoms with Gasteiger partial charge in [0, 0.05) is 6.54 Å². The zero-order valence-electron chi connectivity index (χ0n) is 13.8. The van der Waals surface area contributed by atoms with E-state index in [1.165, 1.54) is 37.1 Å². The summed E-state index contributed by atoms with van der Waals surface area (Å²) in [7, 11) is 0. The van der Waals surface area contributed by atoms with Gasteiger partial charge in [0.25, 0.3) is 0 Å². The lowest BCUT2D eigenvalue weighted by atomic mass is 9.98. The molecule has 0 radical (unpaired) electrons. The molecule has 0 aliphatic carbocycles. The van der Waals surface area contributed by atoms with Gasteiger partial charge in [-0.2, -0.15) is 5.10 Å². The highest BCUT2D eigenvalue weighted by Crippen LogP contribution is 2.19. The first-order valence-corrected chi connectivity index (χ1v) is 8.45. The van der Waals surface area contributed by atoms with Gasteiger partial charge in [-0.3, -0.25) is 10.3 Å². The maximum atomic E-state index is 4.38. The van der Waals surface area contributed by atoms with Gasteiger partial charge in [0.1, 0.15) is 0 Å². The number of rotatable bonds is 5. The Morgan fingerprint density at radius 2 is 1.74 bits per heavy atom. The van der Waals surface area contributed by atoms with Crippen molar-refractivity contribution in [1.82, 2.24) is 4.90 Å². The van der Waals surface area contributed by atoms with E-state index >= 15 is 0 Å². The summed E-state index contributed by atoms with van der Waals surface area (Å²) >= 11 is 0. The SMILES string of the molecule is CC1CCN(Cc2ccccc2C=NNc2ccccc2)CC1. The Labute approximate surface area is 139 Å². The number of hydrogen-bond donors (Lipinski definition) is 1. The third-order valence-electron chi connectivity index (χ3n) is 4.50. The summed E-state index contributed by atoms with van der Waals surface area (Å²) in [5.74, 6) is 0.873. The third kappa shape index (κ3) is 4.67. The summed E-state index contributed by atoms with van der Waals surface area (Å²) in [6.07, 6.45) is 4.55. The molecule has 0 unspecified atom stereocenters. The van der Waals surface area contributed by atoms with Crippen LogP contribution in [0.1, 0.15) is 30.9 Å². The van der Waals surface area contributed by atoms with Crippen LogP contribution in [0.15, 0.2) is 59.7 Å². The number of piperidine rings is 1. The highest BCUT2D eigenvalue weighted by molar-refractivity contribution is 5.82. The van der Waals surface area contributed by atoms with Gasteiger partial charge in [-0.25, -0.2) is 0 Å². The second kappa shape index (κ2) is 7.93. The van der Waals surface area contributed by atoms with Crippen LogP contribution in [0.4, 0.5) is 5.69 Å². The lowest BCUT2D eigenvalue weighted by molar-refractivity contribution is 0.185. The van der Waals surface area contributed by atoms with Gasteiger partial charge in [-0.05, 0) is 55.1 Å². The summed E-state index contributed by atoms with van der Waals surface area (Å²) in [5, 5.41) is 4.38. The Kier molecular flexibility index (Phi) is 5.43. The smallest absolute Gasteiger partial charge is 0.0561 e. The molecule has 0 bridgehead atoms. The van der Waals surface area contributed by atoms with Crippen LogP contribution in [0.2, 0.25) is 0 Å². The van der Waals surface area contributed by atoms with E-state index in [1.807, 2.05) is 36.5 Å². The summed E-state index contributed by atoms with van der Waals surface area (Å²) in [6.45, 7) is 5.78. The van der Waals surface area contributed by atoms with Crippen LogP contribution in [0.25, 0.3) is 0 Å². The van der Waals surface area contributed by atoms with Crippen LogP contribution < -0.4 is 5.43 Å². The molecule has 1 aliphatic rings. The number of hydrazone groups is 1. The van der Waals surface area contributed by atoms with Crippen molar-refractivity contribution in [3.63, 3.8) is 0 Å². The molecule has 0 saturated carbocycles. The van der Waals surface area contributed by atoms with E-state index in [4.69, 9.17) is 0 Å². The molecule has 3 rings (SSSR count). The van der Waals surface area contributed by atoms with Crippen molar-refractivity contribution in [2.45, 2.75) is 26.3 Å². The predicted octanol–water partition coefficient (Wildman–Crippen LogP) is 4.36. The molecule has 2 aromatic carbocycles. The molecule has 0 amide bonds. The largest absolute Gasteiger partial charge is 0.299 e. The number of para-hydroxylation sites is 1. The van der Waals surface area contributed by atoms with E-state index in [1.54, 1.807) is 0 Å². The van der Waals surface area contributed by atoms with Crippen molar-refractivity contribution in [2.24, 2.45) is 11.0 Å². The standard InChI is InChI=1S/C20H25N3/c1-17-11-13-23(14-12-17)16-19-8-6-5-7-18(19)15-21-22-20-9-3-2-4-10-20/h2-10,15,17,22H,11-14,16H2,1H3. The Bertz CT molecular complexity index is 628. The minimum absolute atomic E-state index is 0.873. The topological polar surface area (TPSA) is 27.6 Å². The van der Waals surface area contributed by atoms with Crippen LogP contribution in [0, 0.1) is 5.92 Å². The fraction of sp³-hybridized carbons (Fsp3) is 0.350. The third-order valence-corrected chi connectivity index (χ3v) is 4.50. The molecule has 1 saturated heterocycles. The molecule has 0 atom stereocenters. The average molecular weight is 307 g/mol. The van der Waals surface area contributed by atoms with Gasteiger partial charge in [0.2, 0.25) is 0 Å². The Morgan fingerprint density at radius 3 is 2.52 bits per heavy atom. The van der Waals surface area contributed by atoms with Crippen molar-refractivity contribution in [1.29, 1.82) is 0 Å². The number of benzene rings is 2. The fourth-order valence-electron chi connectivity index (χ4n) is 2.95. The minimum atomic E-state index is 0.873. The first-order valence-electron chi connectivity index (χ1n) is 8.45. The van der Waals surface area contributed by atoms with Crippen molar-refractivity contribution >= 4 is 11.9 Å². The van der Waals surface area contributed by atoms with Gasteiger partial charge in [0.05, 0.1) is 11.9 Å². The van der Waals surface area contributed by atoms with E-state index in [0.717, 1.165) is 18.2 Å². The van der Waals surface area contributed by atoms with Gasteiger partial charge < -0.3 is 0 Å². The summed E-state index contributed by atoms with van der Waals surface area (Å²) < 4.78 is 0. The average Bonchev–Trinajstić information content (AvgIpc) is 2.59. The van der Waals surface area contributed by atoms with Crippen molar-refractivity contribution in [2.75, 3.05) is 18.5 Å². The quantitative estimate of drug-likeness (QED) is 0.656. The Morgan fingerprint density at radius 1 is 1.04 bits per heavy atom. The number of hydrogen-bond acceptors (Lipinski definition) is 3. The molecule has 3 heteroatoms. The zero-order valence-corrected chi connectivity index (χ0v) is 13.8. The van der Waals surface area contributed by atoms with E-state index in [2.05, 4.69) is 46.6 Å². The van der Waals surface area contributed by atoms with Gasteiger partial charge in [0.15, 0.2) is 0 Å². The highest BCUT2D eigenvalue weighted by atomic mass is 15.3. The second-order valence-corrected chi connectivity index (χ2v) is 6.39. The molecule has 1 heterocycles. The number of likely N-dealkylation sites (tertiary alicyclic amines) is 1. The zero-order chi connectivity index (χ0) is 15.9. The van der Waals surface area contributed by atoms with E-state index in [-0.39, 0.29) is 0 Å². The fourth-order valence-corrected chi connectivity index (χ4v) is 2.95. The van der Waals surface area contributed by atoms with E-state index < -0.39 is 0 Å². The predicted molar refractivity (Wildman–Crippen MR) is 97.8 cm³/mol. The lowest BCUT2D eigenvalue weighted by Crippen LogP contribution is -2.32. The molecular formula is C20H25N3. The van der Waals surface area contributed by atoms with E-state index in [0.29, 0.717) is 0 Å².